The van der Waals surface area contributed by atoms with E-state index in [1.54, 1.807) is 0 Å². The molecular weight excluding hydrogens is 284 g/mol. The highest BCUT2D eigenvalue weighted by Crippen LogP contribution is 2.08. The zero-order valence-electron chi connectivity index (χ0n) is 10.8. The first-order chi connectivity index (χ1) is 9.40. The molecule has 104 valence electrons. The van der Waals surface area contributed by atoms with Crippen LogP contribution in [0.25, 0.3) is 0 Å². The Labute approximate surface area is 118 Å². The topological polar surface area (TPSA) is 86.0 Å². The van der Waals surface area contributed by atoms with Gasteiger partial charge in [-0.15, -0.1) is 0 Å². The molecule has 7 nitrogen and oxygen atoms in total. The van der Waals surface area contributed by atoms with Crippen molar-refractivity contribution in [1.29, 1.82) is 0 Å². The standard InChI is InChI=1S/C12H11ClN4O3/c1-16-6-8(11(19)17(2)12(16)20)15-10(18)7-3-4-14-9(13)5-7/h3-6H,1-2H3,(H,15,18). The van der Waals surface area contributed by atoms with Crippen molar-refractivity contribution in [3.8, 4) is 0 Å². The number of nitrogens with one attached hydrogen (secondary N) is 1. The number of pyridine rings is 1. The minimum Gasteiger partial charge on any atom is -0.316 e. The summed E-state index contributed by atoms with van der Waals surface area (Å²) in [5, 5.41) is 2.62. The highest BCUT2D eigenvalue weighted by Gasteiger charge is 2.12. The summed E-state index contributed by atoms with van der Waals surface area (Å²) < 4.78 is 2.12. The van der Waals surface area contributed by atoms with E-state index in [1.165, 1.54) is 43.2 Å². The van der Waals surface area contributed by atoms with Crippen LogP contribution in [0.5, 0.6) is 0 Å². The quantitative estimate of drug-likeness (QED) is 0.812. The number of amides is 1. The molecule has 0 aliphatic rings. The maximum absolute atomic E-state index is 12.0. The minimum absolute atomic E-state index is 0.00698. The largest absolute Gasteiger partial charge is 0.330 e. The maximum Gasteiger partial charge on any atom is 0.330 e. The SMILES string of the molecule is Cn1cc(NC(=O)c2ccnc(Cl)c2)c(=O)n(C)c1=O. The van der Waals surface area contributed by atoms with Crippen LogP contribution in [0.2, 0.25) is 5.15 Å². The first-order valence-corrected chi connectivity index (χ1v) is 5.97. The smallest absolute Gasteiger partial charge is 0.316 e. The molecule has 0 atom stereocenters. The van der Waals surface area contributed by atoms with E-state index < -0.39 is 17.2 Å². The number of aromatic nitrogens is 3. The Balaban J connectivity index is 2.38. The minimum atomic E-state index is -0.582. The molecule has 0 aliphatic heterocycles. The molecular formula is C12H11ClN4O3. The lowest BCUT2D eigenvalue weighted by Gasteiger charge is -2.08. The number of nitrogens with zero attached hydrogens (tertiary/aromatic N) is 3. The van der Waals surface area contributed by atoms with Crippen molar-refractivity contribution in [1.82, 2.24) is 14.1 Å². The number of carbonyl (C=O) groups excluding carboxylic acids is 1. The number of carbonyl (C=O) groups is 1. The monoisotopic (exact) mass is 294 g/mol. The predicted molar refractivity (Wildman–Crippen MR) is 74.1 cm³/mol. The van der Waals surface area contributed by atoms with Crippen LogP contribution in [0.4, 0.5) is 5.69 Å². The molecule has 0 bridgehead atoms. The predicted octanol–water partition coefficient (Wildman–Crippen LogP) is 0.385. The molecule has 0 saturated carbocycles. The zero-order valence-corrected chi connectivity index (χ0v) is 11.5. The molecule has 1 amide bonds. The summed E-state index contributed by atoms with van der Waals surface area (Å²) >= 11 is 5.69. The average molecular weight is 295 g/mol. The van der Waals surface area contributed by atoms with Crippen LogP contribution >= 0.6 is 11.6 Å². The van der Waals surface area contributed by atoms with Gasteiger partial charge in [-0.25, -0.2) is 9.78 Å². The van der Waals surface area contributed by atoms with Gasteiger partial charge in [0, 0.05) is 32.1 Å². The number of anilines is 1. The normalized spacial score (nSPS) is 10.3. The summed E-state index contributed by atoms with van der Waals surface area (Å²) in [7, 11) is 2.82. The molecule has 1 N–H and O–H groups in total. The van der Waals surface area contributed by atoms with Crippen molar-refractivity contribution in [2.75, 3.05) is 5.32 Å². The molecule has 20 heavy (non-hydrogen) atoms. The fourth-order valence-electron chi connectivity index (χ4n) is 1.63. The molecule has 2 rings (SSSR count). The molecule has 8 heteroatoms. The van der Waals surface area contributed by atoms with Crippen molar-refractivity contribution in [2.24, 2.45) is 14.1 Å². The number of hydrogen-bond acceptors (Lipinski definition) is 4. The summed E-state index contributed by atoms with van der Waals surface area (Å²) in [5.41, 5.74) is -0.782. The second-order valence-electron chi connectivity index (χ2n) is 4.12. The molecule has 0 saturated heterocycles. The van der Waals surface area contributed by atoms with Crippen LogP contribution in [0.15, 0.2) is 34.1 Å². The third kappa shape index (κ3) is 2.62. The van der Waals surface area contributed by atoms with Gasteiger partial charge in [0.15, 0.2) is 0 Å². The molecule has 0 fully saturated rings. The third-order valence-electron chi connectivity index (χ3n) is 2.68. The number of halogens is 1. The summed E-state index contributed by atoms with van der Waals surface area (Å²) in [6, 6.07) is 2.84. The lowest BCUT2D eigenvalue weighted by atomic mass is 10.2. The van der Waals surface area contributed by atoms with Crippen molar-refractivity contribution < 1.29 is 4.79 Å². The summed E-state index contributed by atoms with van der Waals surface area (Å²) in [5.74, 6) is -0.509. The second kappa shape index (κ2) is 5.30. The highest BCUT2D eigenvalue weighted by molar-refractivity contribution is 6.29. The van der Waals surface area contributed by atoms with E-state index in [-0.39, 0.29) is 16.4 Å². The fourth-order valence-corrected chi connectivity index (χ4v) is 1.81. The molecule has 0 spiro atoms. The van der Waals surface area contributed by atoms with E-state index in [4.69, 9.17) is 11.6 Å². The van der Waals surface area contributed by atoms with Crippen LogP contribution < -0.4 is 16.6 Å². The van der Waals surface area contributed by atoms with Crippen LogP contribution in [0.3, 0.4) is 0 Å². The van der Waals surface area contributed by atoms with Crippen LogP contribution in [0, 0.1) is 0 Å². The Morgan fingerprint density at radius 1 is 1.35 bits per heavy atom. The lowest BCUT2D eigenvalue weighted by molar-refractivity contribution is 0.102. The molecule has 0 unspecified atom stereocenters. The van der Waals surface area contributed by atoms with Gasteiger partial charge in [0.25, 0.3) is 11.5 Å². The third-order valence-corrected chi connectivity index (χ3v) is 2.89. The molecule has 0 aromatic carbocycles. The molecule has 2 aromatic heterocycles. The lowest BCUT2D eigenvalue weighted by Crippen LogP contribution is -2.38. The highest BCUT2D eigenvalue weighted by atomic mass is 35.5. The molecule has 0 aliphatic carbocycles. The summed E-state index contributed by atoms with van der Waals surface area (Å²) in [6.45, 7) is 0. The van der Waals surface area contributed by atoms with Crippen molar-refractivity contribution >= 4 is 23.2 Å². The van der Waals surface area contributed by atoms with E-state index in [2.05, 4.69) is 10.3 Å². The zero-order chi connectivity index (χ0) is 14.9. The second-order valence-corrected chi connectivity index (χ2v) is 4.51. The van der Waals surface area contributed by atoms with Gasteiger partial charge in [-0.3, -0.25) is 14.2 Å². The van der Waals surface area contributed by atoms with Crippen molar-refractivity contribution in [3.63, 3.8) is 0 Å². The van der Waals surface area contributed by atoms with Gasteiger partial charge in [-0.05, 0) is 12.1 Å². The van der Waals surface area contributed by atoms with E-state index in [9.17, 15) is 14.4 Å². The van der Waals surface area contributed by atoms with Gasteiger partial charge < -0.3 is 9.88 Å². The van der Waals surface area contributed by atoms with E-state index >= 15 is 0 Å². The average Bonchev–Trinajstić information content (AvgIpc) is 2.42. The fraction of sp³-hybridized carbons (Fsp3) is 0.167. The number of rotatable bonds is 2. The van der Waals surface area contributed by atoms with Gasteiger partial charge in [0.2, 0.25) is 0 Å². The molecule has 2 heterocycles. The Kier molecular flexibility index (Phi) is 3.71. The first-order valence-electron chi connectivity index (χ1n) is 5.59. The Hall–Kier alpha value is -2.41. The molecule has 2 aromatic rings. The van der Waals surface area contributed by atoms with E-state index in [1.807, 2.05) is 0 Å². The Morgan fingerprint density at radius 3 is 2.70 bits per heavy atom. The van der Waals surface area contributed by atoms with Crippen molar-refractivity contribution in [2.45, 2.75) is 0 Å². The molecule has 0 radical (unpaired) electrons. The van der Waals surface area contributed by atoms with Crippen LogP contribution in [-0.4, -0.2) is 20.0 Å². The Bertz CT molecular complexity index is 794. The summed E-state index contributed by atoms with van der Waals surface area (Å²) in [4.78, 5) is 39.2. The van der Waals surface area contributed by atoms with E-state index in [0.717, 1.165) is 4.57 Å². The van der Waals surface area contributed by atoms with Gasteiger partial charge in [0.1, 0.15) is 10.8 Å². The van der Waals surface area contributed by atoms with Gasteiger partial charge >= 0.3 is 5.69 Å². The van der Waals surface area contributed by atoms with Crippen LogP contribution in [-0.2, 0) is 14.1 Å². The number of hydrogen-bond donors (Lipinski definition) is 1. The maximum atomic E-state index is 12.0. The Morgan fingerprint density at radius 2 is 2.05 bits per heavy atom. The summed E-state index contributed by atoms with van der Waals surface area (Å²) in [6.07, 6.45) is 2.65. The van der Waals surface area contributed by atoms with E-state index in [0.29, 0.717) is 0 Å². The number of aryl methyl sites for hydroxylation is 1. The van der Waals surface area contributed by atoms with Crippen molar-refractivity contribution in [3.05, 3.63) is 56.1 Å². The van der Waals surface area contributed by atoms with Gasteiger partial charge in [0.05, 0.1) is 0 Å². The van der Waals surface area contributed by atoms with Gasteiger partial charge in [-0.2, -0.15) is 0 Å². The van der Waals surface area contributed by atoms with Gasteiger partial charge in [-0.1, -0.05) is 11.6 Å². The van der Waals surface area contributed by atoms with Crippen LogP contribution in [0.1, 0.15) is 10.4 Å². The first kappa shape index (κ1) is 14.0.